The molecule has 0 saturated carbocycles. The molecular formula is C25H20ClN3O3. The fraction of sp³-hybridized carbons (Fsp3) is 0.0800. The molecule has 0 fully saturated rings. The predicted octanol–water partition coefficient (Wildman–Crippen LogP) is 5.22. The summed E-state index contributed by atoms with van der Waals surface area (Å²) in [4.78, 5) is 28.3. The third-order valence-electron chi connectivity index (χ3n) is 4.83. The Bertz CT molecular complexity index is 1290. The van der Waals surface area contributed by atoms with Crippen molar-refractivity contribution in [3.63, 3.8) is 0 Å². The van der Waals surface area contributed by atoms with Crippen molar-refractivity contribution in [1.29, 1.82) is 0 Å². The van der Waals surface area contributed by atoms with Crippen molar-refractivity contribution >= 4 is 39.9 Å². The molecule has 0 bridgehead atoms. The van der Waals surface area contributed by atoms with Gasteiger partial charge in [-0.25, -0.2) is 0 Å². The van der Waals surface area contributed by atoms with E-state index in [4.69, 9.17) is 16.3 Å². The summed E-state index contributed by atoms with van der Waals surface area (Å²) in [5, 5.41) is 7.96. The Morgan fingerprint density at radius 2 is 1.75 bits per heavy atom. The molecule has 0 saturated heterocycles. The highest BCUT2D eigenvalue weighted by molar-refractivity contribution is 6.30. The molecule has 0 radical (unpaired) electrons. The van der Waals surface area contributed by atoms with Gasteiger partial charge in [-0.15, -0.1) is 0 Å². The highest BCUT2D eigenvalue weighted by Crippen LogP contribution is 2.30. The lowest BCUT2D eigenvalue weighted by Gasteiger charge is -2.11. The van der Waals surface area contributed by atoms with Crippen LogP contribution >= 0.6 is 11.6 Å². The quantitative estimate of drug-likeness (QED) is 0.426. The van der Waals surface area contributed by atoms with Gasteiger partial charge in [0.2, 0.25) is 5.91 Å². The van der Waals surface area contributed by atoms with E-state index in [2.05, 4.69) is 15.6 Å². The number of fused-ring (bicyclic) bond motifs is 1. The van der Waals surface area contributed by atoms with Gasteiger partial charge in [-0.2, -0.15) is 0 Å². The van der Waals surface area contributed by atoms with E-state index < -0.39 is 0 Å². The monoisotopic (exact) mass is 445 g/mol. The molecule has 0 aliphatic carbocycles. The normalized spacial score (nSPS) is 10.6. The molecule has 160 valence electrons. The number of nitrogens with zero attached hydrogens (tertiary/aromatic N) is 1. The second kappa shape index (κ2) is 9.49. The van der Waals surface area contributed by atoms with Crippen LogP contribution in [-0.2, 0) is 11.2 Å². The maximum absolute atomic E-state index is 12.5. The zero-order valence-corrected chi connectivity index (χ0v) is 18.0. The fourth-order valence-electron chi connectivity index (χ4n) is 3.28. The van der Waals surface area contributed by atoms with E-state index >= 15 is 0 Å². The van der Waals surface area contributed by atoms with E-state index in [1.165, 1.54) is 6.20 Å². The van der Waals surface area contributed by atoms with Crippen LogP contribution in [0.5, 0.6) is 11.5 Å². The molecule has 4 aromatic rings. The molecule has 0 unspecified atom stereocenters. The first-order valence-corrected chi connectivity index (χ1v) is 10.3. The van der Waals surface area contributed by atoms with Crippen molar-refractivity contribution in [2.45, 2.75) is 6.42 Å². The van der Waals surface area contributed by atoms with E-state index in [0.29, 0.717) is 16.5 Å². The second-order valence-electron chi connectivity index (χ2n) is 7.10. The predicted molar refractivity (Wildman–Crippen MR) is 125 cm³/mol. The number of carbonyl (C=O) groups excluding carboxylic acids is 2. The number of pyridine rings is 1. The molecule has 0 aliphatic rings. The number of anilines is 1. The van der Waals surface area contributed by atoms with E-state index in [1.54, 1.807) is 31.3 Å². The molecule has 3 aromatic carbocycles. The van der Waals surface area contributed by atoms with E-state index in [9.17, 15) is 9.59 Å². The topological polar surface area (TPSA) is 80.3 Å². The molecular weight excluding hydrogens is 426 g/mol. The van der Waals surface area contributed by atoms with Crippen LogP contribution in [0.4, 0.5) is 5.69 Å². The van der Waals surface area contributed by atoms with Crippen LogP contribution in [0.25, 0.3) is 10.8 Å². The van der Waals surface area contributed by atoms with E-state index in [-0.39, 0.29) is 23.9 Å². The smallest absolute Gasteiger partial charge is 0.269 e. The number of rotatable bonds is 6. The number of ether oxygens (including phenoxy) is 1. The molecule has 1 aromatic heterocycles. The standard InChI is InChI=1S/C25H20ClN3O3/c1-27-25(31)23-15-20(11-12-28-23)32-19-9-10-21-17(14-19)3-2-4-22(21)29-24(30)13-16-5-7-18(26)8-6-16/h2-12,14-15H,13H2,1H3,(H,27,31)(H,29,30). The first-order chi connectivity index (χ1) is 15.5. The molecule has 32 heavy (non-hydrogen) atoms. The van der Waals surface area contributed by atoms with Gasteiger partial charge in [0, 0.05) is 35.4 Å². The summed E-state index contributed by atoms with van der Waals surface area (Å²) in [6.07, 6.45) is 1.78. The van der Waals surface area contributed by atoms with Gasteiger partial charge >= 0.3 is 0 Å². The lowest BCUT2D eigenvalue weighted by Crippen LogP contribution is -2.18. The first-order valence-electron chi connectivity index (χ1n) is 9.95. The summed E-state index contributed by atoms with van der Waals surface area (Å²) in [7, 11) is 1.55. The largest absolute Gasteiger partial charge is 0.457 e. The first kappa shape index (κ1) is 21.3. The summed E-state index contributed by atoms with van der Waals surface area (Å²) >= 11 is 5.90. The van der Waals surface area contributed by atoms with Gasteiger partial charge in [-0.1, -0.05) is 35.9 Å². The van der Waals surface area contributed by atoms with Crippen LogP contribution < -0.4 is 15.4 Å². The highest BCUT2D eigenvalue weighted by Gasteiger charge is 2.10. The molecule has 6 nitrogen and oxygen atoms in total. The van der Waals surface area contributed by atoms with Gasteiger partial charge in [0.15, 0.2) is 0 Å². The third kappa shape index (κ3) is 5.04. The van der Waals surface area contributed by atoms with Crippen LogP contribution in [0.2, 0.25) is 5.02 Å². The van der Waals surface area contributed by atoms with E-state index in [1.807, 2.05) is 48.5 Å². The number of benzene rings is 3. The number of halogens is 1. The highest BCUT2D eigenvalue weighted by atomic mass is 35.5. The SMILES string of the molecule is CNC(=O)c1cc(Oc2ccc3c(NC(=O)Cc4ccc(Cl)cc4)cccc3c2)ccn1. The maximum atomic E-state index is 12.5. The van der Waals surface area contributed by atoms with Crippen LogP contribution in [0.15, 0.2) is 79.0 Å². The molecule has 2 amide bonds. The van der Waals surface area contributed by atoms with Gasteiger partial charge in [-0.3, -0.25) is 14.6 Å². The minimum absolute atomic E-state index is 0.112. The summed E-state index contributed by atoms with van der Waals surface area (Å²) < 4.78 is 5.91. The van der Waals surface area contributed by atoms with Gasteiger partial charge < -0.3 is 15.4 Å². The summed E-state index contributed by atoms with van der Waals surface area (Å²) in [6, 6.07) is 21.7. The Morgan fingerprint density at radius 1 is 0.969 bits per heavy atom. The summed E-state index contributed by atoms with van der Waals surface area (Å²) in [6.45, 7) is 0. The second-order valence-corrected chi connectivity index (χ2v) is 7.53. The fourth-order valence-corrected chi connectivity index (χ4v) is 3.41. The van der Waals surface area contributed by atoms with Crippen molar-refractivity contribution in [3.8, 4) is 11.5 Å². The van der Waals surface area contributed by atoms with Crippen LogP contribution in [0.1, 0.15) is 16.1 Å². The number of amides is 2. The van der Waals surface area contributed by atoms with Crippen LogP contribution in [0, 0.1) is 0 Å². The Hall–Kier alpha value is -3.90. The van der Waals surface area contributed by atoms with Gasteiger partial charge in [-0.05, 0) is 53.4 Å². The van der Waals surface area contributed by atoms with E-state index in [0.717, 1.165) is 22.0 Å². The Kier molecular flexibility index (Phi) is 6.33. The Morgan fingerprint density at radius 3 is 2.53 bits per heavy atom. The minimum atomic E-state index is -0.284. The molecule has 0 aliphatic heterocycles. The van der Waals surface area contributed by atoms with Gasteiger partial charge in [0.25, 0.3) is 5.91 Å². The number of nitrogens with one attached hydrogen (secondary N) is 2. The zero-order chi connectivity index (χ0) is 22.5. The minimum Gasteiger partial charge on any atom is -0.457 e. The number of hydrogen-bond donors (Lipinski definition) is 2. The van der Waals surface area contributed by atoms with Crippen LogP contribution in [-0.4, -0.2) is 23.8 Å². The summed E-state index contributed by atoms with van der Waals surface area (Å²) in [5.74, 6) is 0.716. The van der Waals surface area contributed by atoms with Crippen molar-refractivity contribution < 1.29 is 14.3 Å². The lowest BCUT2D eigenvalue weighted by molar-refractivity contribution is -0.115. The lowest BCUT2D eigenvalue weighted by atomic mass is 10.1. The number of hydrogen-bond acceptors (Lipinski definition) is 4. The molecule has 0 atom stereocenters. The molecule has 7 heteroatoms. The number of aromatic nitrogens is 1. The average molecular weight is 446 g/mol. The Labute approximate surface area is 190 Å². The average Bonchev–Trinajstić information content (AvgIpc) is 2.80. The molecule has 0 spiro atoms. The maximum Gasteiger partial charge on any atom is 0.269 e. The summed E-state index contributed by atoms with van der Waals surface area (Å²) in [5.41, 5.74) is 1.88. The zero-order valence-electron chi connectivity index (χ0n) is 17.3. The Balaban J connectivity index is 1.51. The van der Waals surface area contributed by atoms with Gasteiger partial charge in [0.1, 0.15) is 17.2 Å². The third-order valence-corrected chi connectivity index (χ3v) is 5.08. The van der Waals surface area contributed by atoms with Crippen LogP contribution in [0.3, 0.4) is 0 Å². The van der Waals surface area contributed by atoms with Crippen molar-refractivity contribution in [1.82, 2.24) is 10.3 Å². The number of carbonyl (C=O) groups is 2. The molecule has 4 rings (SSSR count). The van der Waals surface area contributed by atoms with Crippen molar-refractivity contribution in [2.75, 3.05) is 12.4 Å². The molecule has 1 heterocycles. The van der Waals surface area contributed by atoms with Gasteiger partial charge in [0.05, 0.1) is 6.42 Å². The molecule has 2 N–H and O–H groups in total. The van der Waals surface area contributed by atoms with Crippen molar-refractivity contribution in [2.24, 2.45) is 0 Å². The van der Waals surface area contributed by atoms with Crippen molar-refractivity contribution in [3.05, 3.63) is 95.3 Å².